The largest absolute Gasteiger partial charge is 0.459 e. The van der Waals surface area contributed by atoms with Crippen molar-refractivity contribution in [2.24, 2.45) is 0 Å². The Bertz CT molecular complexity index is 708. The molecule has 2 amide bonds. The number of furan rings is 1. The van der Waals surface area contributed by atoms with Gasteiger partial charge < -0.3 is 14.6 Å². The number of carbonyl (C=O) groups is 2. The van der Waals surface area contributed by atoms with E-state index in [-0.39, 0.29) is 17.6 Å². The zero-order valence-electron chi connectivity index (χ0n) is 13.2. The van der Waals surface area contributed by atoms with Gasteiger partial charge in [-0.2, -0.15) is 0 Å². The van der Waals surface area contributed by atoms with Crippen LogP contribution in [-0.2, 0) is 11.2 Å². The molecule has 0 aliphatic carbocycles. The van der Waals surface area contributed by atoms with E-state index < -0.39 is 6.04 Å². The number of hydrogen-bond donors (Lipinski definition) is 1. The summed E-state index contributed by atoms with van der Waals surface area (Å²) in [6, 6.07) is 2.82. The number of thiazole rings is 1. The predicted octanol–water partition coefficient (Wildman–Crippen LogP) is 2.85. The first-order valence-electron chi connectivity index (χ1n) is 7.71. The van der Waals surface area contributed by atoms with Crippen LogP contribution in [-0.4, -0.2) is 34.3 Å². The number of likely N-dealkylation sites (tertiary alicyclic amines) is 1. The number of anilines is 1. The molecule has 1 fully saturated rings. The van der Waals surface area contributed by atoms with Gasteiger partial charge in [-0.25, -0.2) is 4.98 Å². The molecule has 2 aromatic heterocycles. The van der Waals surface area contributed by atoms with Gasteiger partial charge in [0.05, 0.1) is 12.0 Å². The lowest BCUT2D eigenvalue weighted by Gasteiger charge is -2.22. The number of nitrogens with zero attached hydrogens (tertiary/aromatic N) is 2. The average molecular weight is 333 g/mol. The number of aryl methyl sites for hydroxylation is 2. The lowest BCUT2D eigenvalue weighted by atomic mass is 10.2. The minimum absolute atomic E-state index is 0.182. The van der Waals surface area contributed by atoms with Crippen LogP contribution in [0.15, 0.2) is 22.8 Å². The number of aromatic nitrogens is 1. The van der Waals surface area contributed by atoms with Crippen LogP contribution >= 0.6 is 11.3 Å². The molecule has 3 heterocycles. The fourth-order valence-corrected chi connectivity index (χ4v) is 3.73. The molecule has 1 atom stereocenters. The molecule has 6 nitrogen and oxygen atoms in total. The lowest BCUT2D eigenvalue weighted by Crippen LogP contribution is -2.43. The van der Waals surface area contributed by atoms with Crippen molar-refractivity contribution in [3.63, 3.8) is 0 Å². The molecule has 122 valence electrons. The van der Waals surface area contributed by atoms with E-state index in [1.165, 1.54) is 17.6 Å². The zero-order valence-corrected chi connectivity index (χ0v) is 14.0. The fraction of sp³-hybridized carbons (Fsp3) is 0.438. The number of hydrogen-bond acceptors (Lipinski definition) is 5. The first kappa shape index (κ1) is 15.7. The van der Waals surface area contributed by atoms with Gasteiger partial charge in [0.25, 0.3) is 5.91 Å². The molecule has 1 aliphatic rings. The van der Waals surface area contributed by atoms with E-state index in [1.807, 2.05) is 13.8 Å². The third-order valence-corrected chi connectivity index (χ3v) is 4.93. The zero-order chi connectivity index (χ0) is 16.4. The molecule has 1 saturated heterocycles. The van der Waals surface area contributed by atoms with Crippen molar-refractivity contribution >= 4 is 28.3 Å². The van der Waals surface area contributed by atoms with E-state index in [9.17, 15) is 9.59 Å². The summed E-state index contributed by atoms with van der Waals surface area (Å²) in [4.78, 5) is 32.1. The summed E-state index contributed by atoms with van der Waals surface area (Å²) in [6.45, 7) is 4.59. The topological polar surface area (TPSA) is 75.4 Å². The normalized spacial score (nSPS) is 17.5. The summed E-state index contributed by atoms with van der Waals surface area (Å²) in [5, 5.41) is 3.45. The molecule has 1 aliphatic heterocycles. The standard InChI is InChI=1S/C16H19N3O3S/c1-3-11-10(2)23-16(17-11)18-14(20)12-6-4-8-19(12)15(21)13-7-5-9-22-13/h5,7,9,12H,3-4,6,8H2,1-2H3,(H,17,18,20). The third kappa shape index (κ3) is 3.14. The molecular weight excluding hydrogens is 314 g/mol. The Morgan fingerprint density at radius 3 is 3.00 bits per heavy atom. The molecule has 1 unspecified atom stereocenters. The summed E-state index contributed by atoms with van der Waals surface area (Å²) in [6.07, 6.45) is 3.76. The van der Waals surface area contributed by atoms with E-state index in [2.05, 4.69) is 10.3 Å². The summed E-state index contributed by atoms with van der Waals surface area (Å²) < 4.78 is 5.15. The maximum Gasteiger partial charge on any atom is 0.290 e. The van der Waals surface area contributed by atoms with Gasteiger partial charge in [-0.1, -0.05) is 6.92 Å². The van der Waals surface area contributed by atoms with Crippen LogP contribution in [0.1, 0.15) is 40.9 Å². The SMILES string of the molecule is CCc1nc(NC(=O)C2CCCN2C(=O)c2ccco2)sc1C. The van der Waals surface area contributed by atoms with Gasteiger partial charge in [0, 0.05) is 11.4 Å². The van der Waals surface area contributed by atoms with Crippen molar-refractivity contribution in [3.05, 3.63) is 34.7 Å². The van der Waals surface area contributed by atoms with Gasteiger partial charge in [0.2, 0.25) is 5.91 Å². The summed E-state index contributed by atoms with van der Waals surface area (Å²) in [5.74, 6) is -0.154. The second-order valence-electron chi connectivity index (χ2n) is 5.50. The Balaban J connectivity index is 1.71. The van der Waals surface area contributed by atoms with Gasteiger partial charge in [-0.3, -0.25) is 9.59 Å². The Morgan fingerprint density at radius 1 is 1.52 bits per heavy atom. The highest BCUT2D eigenvalue weighted by molar-refractivity contribution is 7.15. The summed E-state index contributed by atoms with van der Waals surface area (Å²) in [7, 11) is 0. The molecular formula is C16H19N3O3S. The van der Waals surface area contributed by atoms with Crippen LogP contribution in [0.5, 0.6) is 0 Å². The Labute approximate surface area is 138 Å². The molecule has 7 heteroatoms. The maximum absolute atomic E-state index is 12.5. The van der Waals surface area contributed by atoms with Crippen LogP contribution in [0.2, 0.25) is 0 Å². The average Bonchev–Trinajstić information content (AvgIpc) is 3.27. The minimum Gasteiger partial charge on any atom is -0.459 e. The number of amides is 2. The lowest BCUT2D eigenvalue weighted by molar-refractivity contribution is -0.119. The van der Waals surface area contributed by atoms with Gasteiger partial charge in [0.1, 0.15) is 6.04 Å². The quantitative estimate of drug-likeness (QED) is 0.933. The predicted molar refractivity (Wildman–Crippen MR) is 87.6 cm³/mol. The monoisotopic (exact) mass is 333 g/mol. The highest BCUT2D eigenvalue weighted by Crippen LogP contribution is 2.25. The van der Waals surface area contributed by atoms with Crippen molar-refractivity contribution in [2.75, 3.05) is 11.9 Å². The van der Waals surface area contributed by atoms with Gasteiger partial charge in [-0.15, -0.1) is 11.3 Å². The van der Waals surface area contributed by atoms with Gasteiger partial charge >= 0.3 is 0 Å². The Hall–Kier alpha value is -2.15. The van der Waals surface area contributed by atoms with Crippen molar-refractivity contribution in [1.82, 2.24) is 9.88 Å². The Kier molecular flexibility index (Phi) is 4.47. The van der Waals surface area contributed by atoms with Crippen LogP contribution in [0, 0.1) is 6.92 Å². The van der Waals surface area contributed by atoms with E-state index in [0.29, 0.717) is 18.1 Å². The smallest absolute Gasteiger partial charge is 0.290 e. The highest BCUT2D eigenvalue weighted by atomic mass is 32.1. The molecule has 1 N–H and O–H groups in total. The maximum atomic E-state index is 12.5. The highest BCUT2D eigenvalue weighted by Gasteiger charge is 2.35. The van der Waals surface area contributed by atoms with E-state index >= 15 is 0 Å². The number of nitrogens with one attached hydrogen (secondary N) is 1. The van der Waals surface area contributed by atoms with Crippen molar-refractivity contribution in [3.8, 4) is 0 Å². The van der Waals surface area contributed by atoms with Crippen molar-refractivity contribution in [2.45, 2.75) is 39.2 Å². The molecule has 3 rings (SSSR count). The number of rotatable bonds is 4. The second-order valence-corrected chi connectivity index (χ2v) is 6.70. The van der Waals surface area contributed by atoms with E-state index in [0.717, 1.165) is 23.4 Å². The second kappa shape index (κ2) is 6.54. The molecule has 0 spiro atoms. The van der Waals surface area contributed by atoms with Crippen LogP contribution < -0.4 is 5.32 Å². The van der Waals surface area contributed by atoms with Crippen molar-refractivity contribution in [1.29, 1.82) is 0 Å². The third-order valence-electron chi connectivity index (χ3n) is 4.01. The van der Waals surface area contributed by atoms with Crippen LogP contribution in [0.25, 0.3) is 0 Å². The van der Waals surface area contributed by atoms with Crippen LogP contribution in [0.4, 0.5) is 5.13 Å². The van der Waals surface area contributed by atoms with Crippen molar-refractivity contribution < 1.29 is 14.0 Å². The number of carbonyl (C=O) groups excluding carboxylic acids is 2. The first-order valence-corrected chi connectivity index (χ1v) is 8.53. The molecule has 0 saturated carbocycles. The van der Waals surface area contributed by atoms with E-state index in [4.69, 9.17) is 4.42 Å². The van der Waals surface area contributed by atoms with Gasteiger partial charge in [0.15, 0.2) is 10.9 Å². The minimum atomic E-state index is -0.470. The molecule has 2 aromatic rings. The molecule has 0 bridgehead atoms. The Morgan fingerprint density at radius 2 is 2.35 bits per heavy atom. The van der Waals surface area contributed by atoms with Crippen LogP contribution in [0.3, 0.4) is 0 Å². The summed E-state index contributed by atoms with van der Waals surface area (Å²) in [5.41, 5.74) is 1.00. The molecule has 23 heavy (non-hydrogen) atoms. The van der Waals surface area contributed by atoms with Gasteiger partial charge in [-0.05, 0) is 38.3 Å². The van der Waals surface area contributed by atoms with E-state index in [1.54, 1.807) is 17.0 Å². The first-order chi connectivity index (χ1) is 11.1. The molecule has 0 aromatic carbocycles. The fourth-order valence-electron chi connectivity index (χ4n) is 2.82. The molecule has 0 radical (unpaired) electrons. The summed E-state index contributed by atoms with van der Waals surface area (Å²) >= 11 is 1.47.